The highest BCUT2D eigenvalue weighted by molar-refractivity contribution is 5.99. The van der Waals surface area contributed by atoms with E-state index in [1.54, 1.807) is 18.7 Å². The van der Waals surface area contributed by atoms with Crippen molar-refractivity contribution in [3.63, 3.8) is 0 Å². The monoisotopic (exact) mass is 268 g/mol. The molecule has 1 saturated heterocycles. The summed E-state index contributed by atoms with van der Waals surface area (Å²) in [5.74, 6) is 0.446. The van der Waals surface area contributed by atoms with Gasteiger partial charge in [-0.3, -0.25) is 9.59 Å². The number of amides is 2. The molecule has 110 valence electrons. The van der Waals surface area contributed by atoms with Crippen LogP contribution in [0, 0.1) is 5.92 Å². The van der Waals surface area contributed by atoms with Crippen molar-refractivity contribution in [1.82, 2.24) is 10.2 Å². The predicted octanol–water partition coefficient (Wildman–Crippen LogP) is 2.33. The fraction of sp³-hybridized carbons (Fsp3) is 0.867. The van der Waals surface area contributed by atoms with Gasteiger partial charge in [0.25, 0.3) is 0 Å². The number of carbonyl (C=O) groups is 2. The predicted molar refractivity (Wildman–Crippen MR) is 76.7 cm³/mol. The quantitative estimate of drug-likeness (QED) is 0.752. The molecule has 0 aromatic heterocycles. The van der Waals surface area contributed by atoms with Crippen LogP contribution >= 0.6 is 0 Å². The molecule has 1 aliphatic rings. The molecule has 4 heteroatoms. The smallest absolute Gasteiger partial charge is 0.248 e. The van der Waals surface area contributed by atoms with Gasteiger partial charge < -0.3 is 10.2 Å². The number of carbonyl (C=O) groups excluding carboxylic acids is 2. The number of nitrogens with zero attached hydrogens (tertiary/aromatic N) is 1. The van der Waals surface area contributed by atoms with Crippen molar-refractivity contribution >= 4 is 11.8 Å². The molecule has 2 amide bonds. The zero-order valence-corrected chi connectivity index (χ0v) is 13.0. The van der Waals surface area contributed by atoms with Gasteiger partial charge in [0.05, 0.1) is 0 Å². The number of piperazine rings is 1. The van der Waals surface area contributed by atoms with Crippen LogP contribution in [0.4, 0.5) is 0 Å². The van der Waals surface area contributed by atoms with E-state index in [4.69, 9.17) is 0 Å². The van der Waals surface area contributed by atoms with Crippen LogP contribution in [0.15, 0.2) is 0 Å². The van der Waals surface area contributed by atoms with E-state index >= 15 is 0 Å². The maximum atomic E-state index is 12.5. The molecule has 0 spiro atoms. The van der Waals surface area contributed by atoms with Gasteiger partial charge in [0.2, 0.25) is 11.8 Å². The number of rotatable bonds is 6. The molecule has 4 nitrogen and oxygen atoms in total. The molecule has 0 aliphatic carbocycles. The van der Waals surface area contributed by atoms with E-state index in [-0.39, 0.29) is 17.9 Å². The van der Waals surface area contributed by atoms with Crippen molar-refractivity contribution in [3.05, 3.63) is 0 Å². The Morgan fingerprint density at radius 3 is 2.42 bits per heavy atom. The first-order valence-corrected chi connectivity index (χ1v) is 7.42. The molecule has 0 radical (unpaired) electrons. The summed E-state index contributed by atoms with van der Waals surface area (Å²) in [6.07, 6.45) is 3.92. The first-order valence-electron chi connectivity index (χ1n) is 7.42. The third-order valence-corrected chi connectivity index (χ3v) is 3.61. The molecule has 0 saturated carbocycles. The van der Waals surface area contributed by atoms with Crippen molar-refractivity contribution in [1.29, 1.82) is 0 Å². The van der Waals surface area contributed by atoms with Crippen LogP contribution in [-0.2, 0) is 9.59 Å². The molecule has 1 rings (SSSR count). The van der Waals surface area contributed by atoms with Crippen molar-refractivity contribution < 1.29 is 9.59 Å². The lowest BCUT2D eigenvalue weighted by atomic mass is 9.92. The molecule has 1 unspecified atom stereocenters. The zero-order valence-electron chi connectivity index (χ0n) is 13.0. The summed E-state index contributed by atoms with van der Waals surface area (Å²) >= 11 is 0. The van der Waals surface area contributed by atoms with Gasteiger partial charge in [-0.2, -0.15) is 0 Å². The first kappa shape index (κ1) is 16.0. The van der Waals surface area contributed by atoms with Crippen molar-refractivity contribution in [2.75, 3.05) is 6.54 Å². The average molecular weight is 268 g/mol. The van der Waals surface area contributed by atoms with E-state index < -0.39 is 5.54 Å². The Kier molecular flexibility index (Phi) is 5.39. The minimum absolute atomic E-state index is 0.00482. The standard InChI is InChI=1S/C15H28N2O2/c1-6-7-8-9-17-12(10-11(2)3)13(18)16-15(4,5)14(17)19/h11-12H,6-10H2,1-5H3,(H,16,18). The minimum Gasteiger partial charge on any atom is -0.340 e. The molecule has 1 fully saturated rings. The summed E-state index contributed by atoms with van der Waals surface area (Å²) in [6, 6.07) is -0.294. The fourth-order valence-corrected chi connectivity index (χ4v) is 2.56. The molecule has 1 N–H and O–H groups in total. The van der Waals surface area contributed by atoms with Gasteiger partial charge in [-0.05, 0) is 32.6 Å². The van der Waals surface area contributed by atoms with Crippen LogP contribution in [0.5, 0.6) is 0 Å². The molecular formula is C15H28N2O2. The fourth-order valence-electron chi connectivity index (χ4n) is 2.56. The maximum Gasteiger partial charge on any atom is 0.248 e. The van der Waals surface area contributed by atoms with E-state index in [1.165, 1.54) is 0 Å². The minimum atomic E-state index is -0.767. The lowest BCUT2D eigenvalue weighted by Crippen LogP contribution is -2.68. The second-order valence-corrected chi connectivity index (χ2v) is 6.47. The topological polar surface area (TPSA) is 49.4 Å². The number of hydrogen-bond donors (Lipinski definition) is 1. The zero-order chi connectivity index (χ0) is 14.6. The first-order chi connectivity index (χ1) is 8.79. The summed E-state index contributed by atoms with van der Waals surface area (Å²) in [6.45, 7) is 10.6. The van der Waals surface area contributed by atoms with Gasteiger partial charge in [-0.1, -0.05) is 33.6 Å². The van der Waals surface area contributed by atoms with Crippen molar-refractivity contribution in [2.45, 2.75) is 71.9 Å². The highest BCUT2D eigenvalue weighted by Gasteiger charge is 2.44. The van der Waals surface area contributed by atoms with Crippen LogP contribution in [0.3, 0.4) is 0 Å². The normalized spacial score (nSPS) is 22.8. The second kappa shape index (κ2) is 6.40. The number of hydrogen-bond acceptors (Lipinski definition) is 2. The van der Waals surface area contributed by atoms with Gasteiger partial charge in [0, 0.05) is 6.54 Å². The Balaban J connectivity index is 2.85. The Morgan fingerprint density at radius 1 is 1.26 bits per heavy atom. The van der Waals surface area contributed by atoms with E-state index in [1.807, 2.05) is 0 Å². The van der Waals surface area contributed by atoms with E-state index in [2.05, 4.69) is 26.1 Å². The Morgan fingerprint density at radius 2 is 1.89 bits per heavy atom. The molecule has 0 aromatic carbocycles. The molecule has 0 aromatic rings. The summed E-state index contributed by atoms with van der Waals surface area (Å²) in [4.78, 5) is 26.5. The highest BCUT2D eigenvalue weighted by Crippen LogP contribution is 2.23. The van der Waals surface area contributed by atoms with E-state index in [9.17, 15) is 9.59 Å². The van der Waals surface area contributed by atoms with Crippen LogP contribution in [0.2, 0.25) is 0 Å². The van der Waals surface area contributed by atoms with Crippen LogP contribution in [0.25, 0.3) is 0 Å². The average Bonchev–Trinajstić information content (AvgIpc) is 2.29. The maximum absolute atomic E-state index is 12.5. The van der Waals surface area contributed by atoms with Gasteiger partial charge in [0.15, 0.2) is 0 Å². The van der Waals surface area contributed by atoms with Gasteiger partial charge in [-0.25, -0.2) is 0 Å². The largest absolute Gasteiger partial charge is 0.340 e. The summed E-state index contributed by atoms with van der Waals surface area (Å²) < 4.78 is 0. The SMILES string of the molecule is CCCCCN1C(=O)C(C)(C)NC(=O)C1CC(C)C. The van der Waals surface area contributed by atoms with Crippen molar-refractivity contribution in [3.8, 4) is 0 Å². The highest BCUT2D eigenvalue weighted by atomic mass is 16.2. The van der Waals surface area contributed by atoms with E-state index in [0.29, 0.717) is 12.5 Å². The number of unbranched alkanes of at least 4 members (excludes halogenated alkanes) is 2. The van der Waals surface area contributed by atoms with Gasteiger partial charge in [-0.15, -0.1) is 0 Å². The van der Waals surface area contributed by atoms with Crippen LogP contribution in [-0.4, -0.2) is 34.8 Å². The third-order valence-electron chi connectivity index (χ3n) is 3.61. The van der Waals surface area contributed by atoms with Crippen LogP contribution < -0.4 is 5.32 Å². The summed E-state index contributed by atoms with van der Waals surface area (Å²) in [5.41, 5.74) is -0.767. The molecule has 0 bridgehead atoms. The van der Waals surface area contributed by atoms with Crippen LogP contribution in [0.1, 0.15) is 60.3 Å². The molecule has 1 atom stereocenters. The second-order valence-electron chi connectivity index (χ2n) is 6.47. The van der Waals surface area contributed by atoms with Gasteiger partial charge in [0.1, 0.15) is 11.6 Å². The third kappa shape index (κ3) is 3.95. The number of nitrogens with one attached hydrogen (secondary N) is 1. The summed E-state index contributed by atoms with van der Waals surface area (Å²) in [7, 11) is 0. The molecule has 1 heterocycles. The van der Waals surface area contributed by atoms with Gasteiger partial charge >= 0.3 is 0 Å². The summed E-state index contributed by atoms with van der Waals surface area (Å²) in [5, 5.41) is 2.85. The molecule has 1 aliphatic heterocycles. The molecular weight excluding hydrogens is 240 g/mol. The van der Waals surface area contributed by atoms with Crippen molar-refractivity contribution in [2.24, 2.45) is 5.92 Å². The Labute approximate surface area is 116 Å². The lowest BCUT2D eigenvalue weighted by molar-refractivity contribution is -0.154. The Hall–Kier alpha value is -1.06. The molecule has 19 heavy (non-hydrogen) atoms. The van der Waals surface area contributed by atoms with E-state index in [0.717, 1.165) is 25.7 Å². The Bertz CT molecular complexity index is 337. The lowest BCUT2D eigenvalue weighted by Gasteiger charge is -2.43.